The van der Waals surface area contributed by atoms with Crippen LogP contribution in [-0.4, -0.2) is 52.7 Å². The Balaban J connectivity index is 1.57. The Morgan fingerprint density at radius 3 is 2.26 bits per heavy atom. The third-order valence-electron chi connectivity index (χ3n) is 5.59. The molecule has 1 aromatic carbocycles. The zero-order valence-electron chi connectivity index (χ0n) is 17.6. The van der Waals surface area contributed by atoms with Crippen molar-refractivity contribution >= 4 is 35.4 Å². The van der Waals surface area contributed by atoms with E-state index in [2.05, 4.69) is 23.1 Å². The number of nitriles is 1. The molecule has 0 spiro atoms. The van der Waals surface area contributed by atoms with Gasteiger partial charge in [-0.05, 0) is 37.7 Å². The van der Waals surface area contributed by atoms with Crippen molar-refractivity contribution in [3.63, 3.8) is 0 Å². The van der Waals surface area contributed by atoms with E-state index >= 15 is 0 Å². The number of piperidine rings is 1. The molecule has 2 aliphatic heterocycles. The predicted molar refractivity (Wildman–Crippen MR) is 125 cm³/mol. The van der Waals surface area contributed by atoms with Gasteiger partial charge in [-0.3, -0.25) is 4.79 Å². The maximum atomic E-state index is 12.6. The molecular weight excluding hydrogens is 426 g/mol. The van der Waals surface area contributed by atoms with Gasteiger partial charge in [0, 0.05) is 31.9 Å². The standard InChI is InChI=1S/C23H27N5OS2/c24-15-19-21(30-16-18-9-3-1-4-10-18)25-23(28-13-5-2-6-14-28)26-22(19)31-17-20(29)27-11-7-8-12-27/h1,3-4,9-10H,2,5-8,11-14,16-17H2. The Labute approximate surface area is 192 Å². The first-order valence-corrected chi connectivity index (χ1v) is 12.9. The Morgan fingerprint density at radius 2 is 1.58 bits per heavy atom. The molecule has 1 aromatic heterocycles. The normalized spacial score (nSPS) is 16.4. The van der Waals surface area contributed by atoms with Crippen LogP contribution < -0.4 is 4.90 Å². The lowest BCUT2D eigenvalue weighted by Gasteiger charge is -2.27. The average Bonchev–Trinajstić information content (AvgIpc) is 3.37. The second-order valence-electron chi connectivity index (χ2n) is 7.82. The van der Waals surface area contributed by atoms with Gasteiger partial charge >= 0.3 is 0 Å². The number of thioether (sulfide) groups is 2. The summed E-state index contributed by atoms with van der Waals surface area (Å²) < 4.78 is 0. The minimum absolute atomic E-state index is 0.128. The summed E-state index contributed by atoms with van der Waals surface area (Å²) in [5.41, 5.74) is 1.67. The first-order chi connectivity index (χ1) is 15.2. The van der Waals surface area contributed by atoms with Crippen LogP contribution in [0.4, 0.5) is 5.95 Å². The molecule has 6 nitrogen and oxygen atoms in total. The number of amides is 1. The van der Waals surface area contributed by atoms with Gasteiger partial charge in [0.05, 0.1) is 5.75 Å². The van der Waals surface area contributed by atoms with Gasteiger partial charge in [-0.15, -0.1) is 11.8 Å². The molecule has 2 aliphatic rings. The number of anilines is 1. The zero-order valence-corrected chi connectivity index (χ0v) is 19.3. The SMILES string of the molecule is N#Cc1c(SCC(=O)N2CCCC2)nc(N2CCCCC2)nc1SCc1ccccc1. The summed E-state index contributed by atoms with van der Waals surface area (Å²) in [5, 5.41) is 11.2. The van der Waals surface area contributed by atoms with Crippen molar-refractivity contribution in [1.29, 1.82) is 5.26 Å². The number of hydrogen-bond donors (Lipinski definition) is 0. The van der Waals surface area contributed by atoms with Gasteiger partial charge in [0.1, 0.15) is 21.7 Å². The highest BCUT2D eigenvalue weighted by atomic mass is 32.2. The number of benzene rings is 1. The maximum absolute atomic E-state index is 12.6. The van der Waals surface area contributed by atoms with E-state index in [9.17, 15) is 10.1 Å². The molecule has 2 aromatic rings. The minimum Gasteiger partial charge on any atom is -0.342 e. The molecule has 0 aliphatic carbocycles. The van der Waals surface area contributed by atoms with Crippen molar-refractivity contribution in [2.24, 2.45) is 0 Å². The summed E-state index contributed by atoms with van der Waals surface area (Å²) in [6, 6.07) is 12.5. The van der Waals surface area contributed by atoms with Crippen LogP contribution in [0.15, 0.2) is 40.4 Å². The summed E-state index contributed by atoms with van der Waals surface area (Å²) in [4.78, 5) is 26.2. The lowest BCUT2D eigenvalue weighted by Crippen LogP contribution is -2.31. The van der Waals surface area contributed by atoms with Gasteiger partial charge in [0.15, 0.2) is 0 Å². The third kappa shape index (κ3) is 5.72. The van der Waals surface area contributed by atoms with E-state index in [1.54, 1.807) is 11.8 Å². The highest BCUT2D eigenvalue weighted by Crippen LogP contribution is 2.33. The number of hydrogen-bond acceptors (Lipinski definition) is 7. The van der Waals surface area contributed by atoms with Crippen molar-refractivity contribution in [3.05, 3.63) is 41.5 Å². The van der Waals surface area contributed by atoms with Crippen molar-refractivity contribution in [2.45, 2.75) is 47.9 Å². The number of carbonyl (C=O) groups excluding carboxylic acids is 1. The van der Waals surface area contributed by atoms with Crippen LogP contribution >= 0.6 is 23.5 Å². The maximum Gasteiger partial charge on any atom is 0.232 e. The largest absolute Gasteiger partial charge is 0.342 e. The molecule has 0 N–H and O–H groups in total. The van der Waals surface area contributed by atoms with Crippen LogP contribution in [0.1, 0.15) is 43.2 Å². The van der Waals surface area contributed by atoms with Crippen LogP contribution in [0.3, 0.4) is 0 Å². The fraction of sp³-hybridized carbons (Fsp3) is 0.478. The summed E-state index contributed by atoms with van der Waals surface area (Å²) >= 11 is 2.94. The highest BCUT2D eigenvalue weighted by Gasteiger charge is 2.23. The van der Waals surface area contributed by atoms with E-state index < -0.39 is 0 Å². The van der Waals surface area contributed by atoms with E-state index in [4.69, 9.17) is 9.97 Å². The first-order valence-electron chi connectivity index (χ1n) is 10.9. The summed E-state index contributed by atoms with van der Waals surface area (Å²) in [7, 11) is 0. The van der Waals surface area contributed by atoms with Crippen molar-refractivity contribution in [2.75, 3.05) is 36.8 Å². The monoisotopic (exact) mass is 453 g/mol. The smallest absolute Gasteiger partial charge is 0.232 e. The molecule has 0 atom stereocenters. The van der Waals surface area contributed by atoms with Crippen LogP contribution in [0.5, 0.6) is 0 Å². The van der Waals surface area contributed by atoms with Crippen LogP contribution in [0, 0.1) is 11.3 Å². The second kappa shape index (κ2) is 10.9. The fourth-order valence-electron chi connectivity index (χ4n) is 3.86. The topological polar surface area (TPSA) is 73.1 Å². The quantitative estimate of drug-likeness (QED) is 0.456. The average molecular weight is 454 g/mol. The molecule has 2 fully saturated rings. The van der Waals surface area contributed by atoms with Crippen LogP contribution in [0.25, 0.3) is 0 Å². The van der Waals surface area contributed by atoms with E-state index in [-0.39, 0.29) is 5.91 Å². The number of carbonyl (C=O) groups is 1. The molecular formula is C23H27N5OS2. The van der Waals surface area contributed by atoms with E-state index in [1.807, 2.05) is 23.1 Å². The molecule has 1 amide bonds. The molecule has 4 rings (SSSR count). The van der Waals surface area contributed by atoms with E-state index in [1.165, 1.54) is 23.7 Å². The molecule has 8 heteroatoms. The highest BCUT2D eigenvalue weighted by molar-refractivity contribution is 8.00. The van der Waals surface area contributed by atoms with Crippen LogP contribution in [-0.2, 0) is 10.5 Å². The summed E-state index contributed by atoms with van der Waals surface area (Å²) in [6.07, 6.45) is 5.64. The predicted octanol–water partition coefficient (Wildman–Crippen LogP) is 4.35. The zero-order chi connectivity index (χ0) is 21.5. The van der Waals surface area contributed by atoms with Gasteiger partial charge in [-0.25, -0.2) is 9.97 Å². The lowest BCUT2D eigenvalue weighted by atomic mass is 10.1. The van der Waals surface area contributed by atoms with Gasteiger partial charge < -0.3 is 9.80 Å². The number of nitrogens with zero attached hydrogens (tertiary/aromatic N) is 5. The molecule has 3 heterocycles. The molecule has 31 heavy (non-hydrogen) atoms. The van der Waals surface area contributed by atoms with Gasteiger partial charge in [0.25, 0.3) is 0 Å². The first kappa shape index (κ1) is 22.0. The van der Waals surface area contributed by atoms with Gasteiger partial charge in [-0.2, -0.15) is 5.26 Å². The minimum atomic E-state index is 0.128. The molecule has 0 bridgehead atoms. The molecule has 2 saturated heterocycles. The molecule has 0 radical (unpaired) electrons. The summed E-state index contributed by atoms with van der Waals surface area (Å²) in [5.74, 6) is 1.87. The van der Waals surface area contributed by atoms with Gasteiger partial charge in [-0.1, -0.05) is 42.1 Å². The Kier molecular flexibility index (Phi) is 7.71. The van der Waals surface area contributed by atoms with Crippen molar-refractivity contribution < 1.29 is 4.79 Å². The Bertz CT molecular complexity index is 935. The van der Waals surface area contributed by atoms with Crippen LogP contribution in [0.2, 0.25) is 0 Å². The van der Waals surface area contributed by atoms with E-state index in [0.29, 0.717) is 27.3 Å². The van der Waals surface area contributed by atoms with E-state index in [0.717, 1.165) is 57.6 Å². The van der Waals surface area contributed by atoms with Gasteiger partial charge in [0.2, 0.25) is 11.9 Å². The Hall–Kier alpha value is -2.24. The third-order valence-corrected chi connectivity index (χ3v) is 7.60. The van der Waals surface area contributed by atoms with Crippen molar-refractivity contribution in [1.82, 2.24) is 14.9 Å². The number of likely N-dealkylation sites (tertiary alicyclic amines) is 1. The molecule has 162 valence electrons. The Morgan fingerprint density at radius 1 is 0.935 bits per heavy atom. The second-order valence-corrected chi connectivity index (χ2v) is 9.75. The molecule has 0 unspecified atom stereocenters. The lowest BCUT2D eigenvalue weighted by molar-refractivity contribution is -0.127. The molecule has 0 saturated carbocycles. The number of rotatable bonds is 7. The number of aromatic nitrogens is 2. The fourth-order valence-corrected chi connectivity index (χ4v) is 5.73. The summed E-state index contributed by atoms with van der Waals surface area (Å²) in [6.45, 7) is 3.55. The van der Waals surface area contributed by atoms with Crippen molar-refractivity contribution in [3.8, 4) is 6.07 Å².